The molecule has 2 N–H and O–H groups in total. The van der Waals surface area contributed by atoms with Crippen molar-refractivity contribution in [2.24, 2.45) is 0 Å². The topological polar surface area (TPSA) is 142 Å². The van der Waals surface area contributed by atoms with Crippen LogP contribution in [0.3, 0.4) is 0 Å². The molecule has 2 unspecified atom stereocenters. The van der Waals surface area contributed by atoms with Gasteiger partial charge in [-0.15, -0.1) is 13.2 Å². The van der Waals surface area contributed by atoms with Crippen molar-refractivity contribution >= 4 is 33.3 Å². The Kier molecular flexibility index (Phi) is 19.2. The molecule has 0 bridgehead atoms. The van der Waals surface area contributed by atoms with Crippen molar-refractivity contribution in [2.75, 3.05) is 70.6 Å². The van der Waals surface area contributed by atoms with E-state index >= 15 is 0 Å². The summed E-state index contributed by atoms with van der Waals surface area (Å²) in [4.78, 5) is 28.2. The maximum atomic E-state index is 13.7. The van der Waals surface area contributed by atoms with Crippen molar-refractivity contribution in [1.29, 1.82) is 0 Å². The molecular weight excluding hydrogens is 809 g/mol. The molecule has 1 heterocycles. The van der Waals surface area contributed by atoms with Gasteiger partial charge in [-0.2, -0.15) is 8.42 Å². The third-order valence-electron chi connectivity index (χ3n) is 9.55. The SMILES string of the molecule is C=CCC(C(=O)Nc1ccc(OC)c(OCCN2CCCCC2)c1)c1cccc(F)c1.C=CCC(C(=O)Nc1ccc(OC)c(OCCOS(C)(=O)=O)c1)c1cccc(F)c1. The van der Waals surface area contributed by atoms with Gasteiger partial charge in [-0.1, -0.05) is 42.8 Å². The number of hydrogen-bond acceptors (Lipinski definition) is 10. The highest BCUT2D eigenvalue weighted by Crippen LogP contribution is 2.33. The van der Waals surface area contributed by atoms with Gasteiger partial charge in [0.1, 0.15) is 31.5 Å². The number of methoxy groups -OCH3 is 2. The van der Waals surface area contributed by atoms with Crippen LogP contribution in [-0.4, -0.2) is 85.1 Å². The molecule has 12 nitrogen and oxygen atoms in total. The smallest absolute Gasteiger partial charge is 0.264 e. The number of anilines is 2. The third-order valence-corrected chi connectivity index (χ3v) is 10.1. The second-order valence-electron chi connectivity index (χ2n) is 14.1. The third kappa shape index (κ3) is 16.0. The average Bonchev–Trinajstić information content (AvgIpc) is 3.24. The molecule has 1 fully saturated rings. The van der Waals surface area contributed by atoms with Crippen molar-refractivity contribution in [3.05, 3.63) is 133 Å². The first-order valence-electron chi connectivity index (χ1n) is 19.9. The van der Waals surface area contributed by atoms with Crippen molar-refractivity contribution in [1.82, 2.24) is 4.90 Å². The summed E-state index contributed by atoms with van der Waals surface area (Å²) < 4.78 is 76.0. The standard InChI is InChI=1S/C25H31FN2O3.C21H24FNO6S/c1-3-8-22(19-9-7-10-20(26)17-19)25(29)27-21-11-12-23(30-2)24(18-21)31-16-15-28-13-5-4-6-14-28;1-4-6-18(15-7-5-8-16(22)13-15)21(24)23-17-9-10-19(27-2)20(14-17)28-11-12-29-30(3,25)26/h3,7,9-12,17-18,22H,1,4-6,8,13-16H2,2H3,(H,27,29);4-5,7-10,13-14,18H,1,6,11-12H2,2-3H3,(H,23,24). The molecule has 0 aliphatic carbocycles. The number of halogens is 2. The minimum absolute atomic E-state index is 0.0385. The van der Waals surface area contributed by atoms with Gasteiger partial charge in [0.15, 0.2) is 23.0 Å². The van der Waals surface area contributed by atoms with Crippen LogP contribution in [0.1, 0.15) is 55.1 Å². The molecule has 0 aromatic heterocycles. The maximum Gasteiger partial charge on any atom is 0.264 e. The minimum atomic E-state index is -3.57. The predicted octanol–water partition coefficient (Wildman–Crippen LogP) is 8.49. The van der Waals surface area contributed by atoms with Gasteiger partial charge in [0, 0.05) is 30.1 Å². The van der Waals surface area contributed by atoms with E-state index in [1.54, 1.807) is 79.9 Å². The molecule has 1 aliphatic heterocycles. The van der Waals surface area contributed by atoms with Gasteiger partial charge in [-0.3, -0.25) is 18.7 Å². The van der Waals surface area contributed by atoms with Gasteiger partial charge in [0.05, 0.1) is 32.3 Å². The first-order chi connectivity index (χ1) is 29.3. The number of carbonyl (C=O) groups is 2. The molecule has 1 aliphatic rings. The molecule has 5 rings (SSSR count). The maximum absolute atomic E-state index is 13.7. The second kappa shape index (κ2) is 24.5. The Morgan fingerprint density at radius 3 is 1.59 bits per heavy atom. The van der Waals surface area contributed by atoms with Crippen LogP contribution in [-0.2, 0) is 23.9 Å². The van der Waals surface area contributed by atoms with Gasteiger partial charge >= 0.3 is 0 Å². The van der Waals surface area contributed by atoms with E-state index < -0.39 is 27.8 Å². The summed E-state index contributed by atoms with van der Waals surface area (Å²) in [5.41, 5.74) is 2.19. The fraction of sp³-hybridized carbons (Fsp3) is 0.348. The summed E-state index contributed by atoms with van der Waals surface area (Å²) in [6, 6.07) is 22.1. The van der Waals surface area contributed by atoms with E-state index in [0.29, 0.717) is 64.9 Å². The summed E-state index contributed by atoms with van der Waals surface area (Å²) in [6.45, 7) is 10.8. The van der Waals surface area contributed by atoms with Crippen LogP contribution in [0.25, 0.3) is 0 Å². The number of likely N-dealkylation sites (tertiary alicyclic amines) is 1. The van der Waals surface area contributed by atoms with E-state index in [4.69, 9.17) is 18.9 Å². The second-order valence-corrected chi connectivity index (χ2v) is 15.7. The van der Waals surface area contributed by atoms with Crippen LogP contribution < -0.4 is 29.6 Å². The monoisotopic (exact) mass is 863 g/mol. The lowest BCUT2D eigenvalue weighted by Crippen LogP contribution is -2.33. The number of piperidine rings is 1. The number of carbonyl (C=O) groups excluding carboxylic acids is 2. The summed E-state index contributed by atoms with van der Waals surface area (Å²) in [6.07, 6.45) is 8.72. The van der Waals surface area contributed by atoms with Crippen LogP contribution >= 0.6 is 0 Å². The highest BCUT2D eigenvalue weighted by molar-refractivity contribution is 7.85. The zero-order valence-corrected chi connectivity index (χ0v) is 35.7. The molecule has 4 aromatic carbocycles. The Bertz CT molecular complexity index is 2180. The predicted molar refractivity (Wildman–Crippen MR) is 233 cm³/mol. The van der Waals surface area contributed by atoms with Crippen LogP contribution in [0.15, 0.2) is 110 Å². The Hall–Kier alpha value is -5.77. The molecular formula is C46H55F2N3O9S. The Morgan fingerprint density at radius 2 is 1.16 bits per heavy atom. The first-order valence-corrected chi connectivity index (χ1v) is 21.7. The number of ether oxygens (including phenoxy) is 4. The number of allylic oxidation sites excluding steroid dienone is 2. The molecule has 4 aromatic rings. The number of amides is 2. The zero-order chi connectivity index (χ0) is 44.2. The lowest BCUT2D eigenvalue weighted by molar-refractivity contribution is -0.118. The molecule has 0 spiro atoms. The van der Waals surface area contributed by atoms with Crippen LogP contribution in [0, 0.1) is 11.6 Å². The minimum Gasteiger partial charge on any atom is -0.493 e. The Morgan fingerprint density at radius 1 is 0.689 bits per heavy atom. The van der Waals surface area contributed by atoms with Crippen molar-refractivity contribution in [3.8, 4) is 23.0 Å². The number of nitrogens with zero attached hydrogens (tertiary/aromatic N) is 1. The molecule has 0 radical (unpaired) electrons. The lowest BCUT2D eigenvalue weighted by Gasteiger charge is -2.26. The number of benzene rings is 4. The Labute approximate surface area is 357 Å². The van der Waals surface area contributed by atoms with Crippen molar-refractivity contribution < 1.29 is 49.9 Å². The summed E-state index contributed by atoms with van der Waals surface area (Å²) in [5, 5.41) is 5.70. The van der Waals surface area contributed by atoms with Gasteiger partial charge in [0.25, 0.3) is 10.1 Å². The summed E-state index contributed by atoms with van der Waals surface area (Å²) in [5.74, 6) is -0.594. The van der Waals surface area contributed by atoms with E-state index in [1.165, 1.54) is 50.6 Å². The normalized spacial score (nSPS) is 13.7. The number of nitrogens with one attached hydrogen (secondary N) is 2. The quantitative estimate of drug-likeness (QED) is 0.0476. The molecule has 328 valence electrons. The van der Waals surface area contributed by atoms with Crippen LogP contribution in [0.2, 0.25) is 0 Å². The molecule has 2 amide bonds. The van der Waals surface area contributed by atoms with Crippen molar-refractivity contribution in [3.63, 3.8) is 0 Å². The molecule has 0 saturated carbocycles. The van der Waals surface area contributed by atoms with E-state index in [1.807, 2.05) is 0 Å². The van der Waals surface area contributed by atoms with E-state index in [9.17, 15) is 26.8 Å². The highest BCUT2D eigenvalue weighted by Gasteiger charge is 2.22. The highest BCUT2D eigenvalue weighted by atomic mass is 32.2. The fourth-order valence-corrected chi connectivity index (χ4v) is 6.94. The average molecular weight is 864 g/mol. The zero-order valence-electron chi connectivity index (χ0n) is 34.9. The van der Waals surface area contributed by atoms with Gasteiger partial charge in [-0.05, 0) is 98.4 Å². The van der Waals surface area contributed by atoms with Gasteiger partial charge in [-0.25, -0.2) is 8.78 Å². The summed E-state index contributed by atoms with van der Waals surface area (Å²) >= 11 is 0. The first kappa shape index (κ1) is 47.9. The number of rotatable bonds is 21. The fourth-order valence-electron chi connectivity index (χ4n) is 6.57. The number of hydrogen-bond donors (Lipinski definition) is 2. The van der Waals surface area contributed by atoms with Crippen LogP contribution in [0.5, 0.6) is 23.0 Å². The molecule has 2 atom stereocenters. The van der Waals surface area contributed by atoms with Crippen LogP contribution in [0.4, 0.5) is 20.2 Å². The van der Waals surface area contributed by atoms with Crippen molar-refractivity contribution in [2.45, 2.75) is 43.9 Å². The molecule has 1 saturated heterocycles. The van der Waals surface area contributed by atoms with E-state index in [2.05, 4.69) is 32.9 Å². The van der Waals surface area contributed by atoms with Gasteiger partial charge in [0.2, 0.25) is 11.8 Å². The largest absolute Gasteiger partial charge is 0.493 e. The van der Waals surface area contributed by atoms with E-state index in [0.717, 1.165) is 25.9 Å². The summed E-state index contributed by atoms with van der Waals surface area (Å²) in [7, 11) is -0.518. The van der Waals surface area contributed by atoms with Gasteiger partial charge < -0.3 is 29.6 Å². The lowest BCUT2D eigenvalue weighted by atomic mass is 9.94. The van der Waals surface area contributed by atoms with E-state index in [-0.39, 0.29) is 30.8 Å². The molecule has 61 heavy (non-hydrogen) atoms. The Balaban J connectivity index is 0.000000269. The molecule has 15 heteroatoms.